The lowest BCUT2D eigenvalue weighted by Gasteiger charge is -2.36. The molecule has 0 unspecified atom stereocenters. The van der Waals surface area contributed by atoms with Crippen LogP contribution in [0.1, 0.15) is 32.1 Å². The first-order valence-corrected chi connectivity index (χ1v) is 7.00. The van der Waals surface area contributed by atoms with E-state index in [9.17, 15) is 5.11 Å². The molecule has 0 spiro atoms. The summed E-state index contributed by atoms with van der Waals surface area (Å²) in [6.45, 7) is 1.23. The number of hydrogen-bond donors (Lipinski definition) is 3. The van der Waals surface area contributed by atoms with Crippen molar-refractivity contribution in [2.75, 3.05) is 24.2 Å². The predicted molar refractivity (Wildman–Crippen MR) is 74.2 cm³/mol. The summed E-state index contributed by atoms with van der Waals surface area (Å²) in [4.78, 5) is 4.36. The van der Waals surface area contributed by atoms with E-state index in [4.69, 9.17) is 10.5 Å². The first kappa shape index (κ1) is 12.5. The summed E-state index contributed by atoms with van der Waals surface area (Å²) in [5.41, 5.74) is 5.86. The van der Waals surface area contributed by atoms with Gasteiger partial charge in [0.15, 0.2) is 0 Å². The molecule has 1 aromatic heterocycles. The largest absolute Gasteiger partial charge is 0.476 e. The van der Waals surface area contributed by atoms with Crippen molar-refractivity contribution in [1.29, 1.82) is 0 Å². The van der Waals surface area contributed by atoms with Crippen LogP contribution in [0.5, 0.6) is 5.88 Å². The van der Waals surface area contributed by atoms with Crippen molar-refractivity contribution in [3.8, 4) is 5.88 Å². The highest BCUT2D eigenvalue weighted by molar-refractivity contribution is 5.53. The highest BCUT2D eigenvalue weighted by atomic mass is 16.5. The molecular formula is C14H21N3O2. The smallest absolute Gasteiger partial charge is 0.239 e. The Bertz CT molecular complexity index is 456. The summed E-state index contributed by atoms with van der Waals surface area (Å²) in [5, 5.41) is 13.2. The van der Waals surface area contributed by atoms with Crippen molar-refractivity contribution >= 4 is 11.5 Å². The summed E-state index contributed by atoms with van der Waals surface area (Å²) < 4.78 is 5.64. The minimum absolute atomic E-state index is 0.498. The van der Waals surface area contributed by atoms with Gasteiger partial charge in [-0.1, -0.05) is 0 Å². The molecule has 0 aliphatic heterocycles. The Hall–Kier alpha value is -1.49. The van der Waals surface area contributed by atoms with Gasteiger partial charge in [0, 0.05) is 6.54 Å². The Kier molecular flexibility index (Phi) is 3.22. The maximum absolute atomic E-state index is 10.0. The summed E-state index contributed by atoms with van der Waals surface area (Å²) in [5.74, 6) is 1.88. The van der Waals surface area contributed by atoms with Crippen molar-refractivity contribution in [1.82, 2.24) is 4.98 Å². The van der Waals surface area contributed by atoms with Gasteiger partial charge in [-0.15, -0.1) is 0 Å². The summed E-state index contributed by atoms with van der Waals surface area (Å²) in [6.07, 6.45) is 5.30. The van der Waals surface area contributed by atoms with Crippen LogP contribution in [0.2, 0.25) is 0 Å². The molecule has 3 rings (SSSR count). The SMILES string of the molecule is Nc1ccc(NCC2(O)CCC2)nc1OCC1CC1. The van der Waals surface area contributed by atoms with E-state index in [-0.39, 0.29) is 0 Å². The van der Waals surface area contributed by atoms with Gasteiger partial charge in [0.1, 0.15) is 5.82 Å². The Morgan fingerprint density at radius 2 is 2.21 bits per heavy atom. The number of anilines is 2. The molecule has 5 nitrogen and oxygen atoms in total. The van der Waals surface area contributed by atoms with Crippen LogP contribution in [0.3, 0.4) is 0 Å². The molecule has 0 radical (unpaired) electrons. The molecule has 0 saturated heterocycles. The number of nitrogens with one attached hydrogen (secondary N) is 1. The monoisotopic (exact) mass is 263 g/mol. The van der Waals surface area contributed by atoms with Gasteiger partial charge in [0.05, 0.1) is 17.9 Å². The summed E-state index contributed by atoms with van der Waals surface area (Å²) in [6, 6.07) is 3.61. The van der Waals surface area contributed by atoms with Gasteiger partial charge < -0.3 is 20.9 Å². The quantitative estimate of drug-likeness (QED) is 0.729. The molecule has 2 saturated carbocycles. The number of nitrogen functional groups attached to an aromatic ring is 1. The average molecular weight is 263 g/mol. The predicted octanol–water partition coefficient (Wildman–Crippen LogP) is 1.78. The fraction of sp³-hybridized carbons (Fsp3) is 0.643. The van der Waals surface area contributed by atoms with E-state index in [2.05, 4.69) is 10.3 Å². The molecule has 0 atom stereocenters. The Labute approximate surface area is 113 Å². The van der Waals surface area contributed by atoms with Crippen molar-refractivity contribution in [3.05, 3.63) is 12.1 Å². The zero-order chi connectivity index (χ0) is 13.3. The molecule has 19 heavy (non-hydrogen) atoms. The number of hydrogen-bond acceptors (Lipinski definition) is 5. The lowest BCUT2D eigenvalue weighted by Crippen LogP contribution is -2.43. The third-order valence-electron chi connectivity index (χ3n) is 3.93. The van der Waals surface area contributed by atoms with Gasteiger partial charge in [-0.25, -0.2) is 0 Å². The van der Waals surface area contributed by atoms with Gasteiger partial charge in [-0.3, -0.25) is 0 Å². The number of ether oxygens (including phenoxy) is 1. The fourth-order valence-corrected chi connectivity index (χ4v) is 2.16. The van der Waals surface area contributed by atoms with Crippen LogP contribution < -0.4 is 15.8 Å². The summed E-state index contributed by atoms with van der Waals surface area (Å²) in [7, 11) is 0. The Morgan fingerprint density at radius 1 is 1.42 bits per heavy atom. The number of nitrogens with two attached hydrogens (primary N) is 1. The summed E-state index contributed by atoms with van der Waals surface area (Å²) >= 11 is 0. The lowest BCUT2D eigenvalue weighted by atomic mass is 9.80. The molecule has 0 amide bonds. The van der Waals surface area contributed by atoms with Crippen molar-refractivity contribution < 1.29 is 9.84 Å². The van der Waals surface area contributed by atoms with Gasteiger partial charge in [-0.2, -0.15) is 4.98 Å². The van der Waals surface area contributed by atoms with Crippen LogP contribution in [0, 0.1) is 5.92 Å². The zero-order valence-corrected chi connectivity index (χ0v) is 11.1. The Balaban J connectivity index is 1.59. The molecule has 0 bridgehead atoms. The number of rotatable bonds is 6. The fourth-order valence-electron chi connectivity index (χ4n) is 2.16. The van der Waals surface area contributed by atoms with Crippen LogP contribution in [-0.4, -0.2) is 28.8 Å². The van der Waals surface area contributed by atoms with Crippen molar-refractivity contribution in [2.45, 2.75) is 37.7 Å². The maximum atomic E-state index is 10.0. The van der Waals surface area contributed by atoms with Crippen LogP contribution in [0.4, 0.5) is 11.5 Å². The van der Waals surface area contributed by atoms with Crippen LogP contribution >= 0.6 is 0 Å². The second-order valence-corrected chi connectivity index (χ2v) is 5.78. The highest BCUT2D eigenvalue weighted by Gasteiger charge is 2.34. The van der Waals surface area contributed by atoms with Gasteiger partial charge in [0.2, 0.25) is 5.88 Å². The molecular weight excluding hydrogens is 242 g/mol. The lowest BCUT2D eigenvalue weighted by molar-refractivity contribution is -0.0202. The number of pyridine rings is 1. The molecule has 104 valence electrons. The van der Waals surface area contributed by atoms with Gasteiger partial charge >= 0.3 is 0 Å². The number of nitrogens with zero attached hydrogens (tertiary/aromatic N) is 1. The highest BCUT2D eigenvalue weighted by Crippen LogP contribution is 2.32. The molecule has 4 N–H and O–H groups in total. The normalized spacial score (nSPS) is 20.7. The second-order valence-electron chi connectivity index (χ2n) is 5.78. The van der Waals surface area contributed by atoms with E-state index in [1.54, 1.807) is 6.07 Å². The van der Waals surface area contributed by atoms with E-state index >= 15 is 0 Å². The molecule has 2 fully saturated rings. The minimum Gasteiger partial charge on any atom is -0.476 e. The molecule has 0 aromatic carbocycles. The number of aliphatic hydroxyl groups is 1. The third kappa shape index (κ3) is 3.10. The molecule has 5 heteroatoms. The van der Waals surface area contributed by atoms with Crippen molar-refractivity contribution in [3.63, 3.8) is 0 Å². The molecule has 1 heterocycles. The van der Waals surface area contributed by atoms with E-state index in [0.717, 1.165) is 19.3 Å². The van der Waals surface area contributed by atoms with Gasteiger partial charge in [0.25, 0.3) is 0 Å². The zero-order valence-electron chi connectivity index (χ0n) is 11.1. The Morgan fingerprint density at radius 3 is 2.84 bits per heavy atom. The molecule has 2 aliphatic rings. The first-order valence-electron chi connectivity index (χ1n) is 7.00. The molecule has 1 aromatic rings. The molecule has 2 aliphatic carbocycles. The van der Waals surface area contributed by atoms with Crippen LogP contribution in [0.15, 0.2) is 12.1 Å². The van der Waals surface area contributed by atoms with Gasteiger partial charge in [-0.05, 0) is 50.2 Å². The number of aromatic nitrogens is 1. The topological polar surface area (TPSA) is 80.4 Å². The minimum atomic E-state index is -0.557. The van der Waals surface area contributed by atoms with E-state index in [1.807, 2.05) is 6.07 Å². The van der Waals surface area contributed by atoms with E-state index < -0.39 is 5.60 Å². The first-order chi connectivity index (χ1) is 9.15. The van der Waals surface area contributed by atoms with E-state index in [0.29, 0.717) is 36.5 Å². The second kappa shape index (κ2) is 4.89. The van der Waals surface area contributed by atoms with E-state index in [1.165, 1.54) is 12.8 Å². The van der Waals surface area contributed by atoms with Crippen LogP contribution in [-0.2, 0) is 0 Å². The maximum Gasteiger partial charge on any atom is 0.239 e. The standard InChI is InChI=1S/C14H21N3O2/c15-11-4-5-12(16-9-14(18)6-1-7-14)17-13(11)19-8-10-2-3-10/h4-5,10,18H,1-3,6-9,15H2,(H,16,17). The average Bonchev–Trinajstić information content (AvgIpc) is 3.18. The van der Waals surface area contributed by atoms with Crippen molar-refractivity contribution in [2.24, 2.45) is 5.92 Å². The van der Waals surface area contributed by atoms with Crippen LogP contribution in [0.25, 0.3) is 0 Å². The third-order valence-corrected chi connectivity index (χ3v) is 3.93.